The minimum absolute atomic E-state index is 0. The second-order valence-corrected chi connectivity index (χ2v) is 18.1. The Kier molecular flexibility index (Phi) is 11.6. The molecule has 4 aromatic rings. The van der Waals surface area contributed by atoms with Crippen molar-refractivity contribution in [1.82, 2.24) is 4.48 Å². The van der Waals surface area contributed by atoms with E-state index >= 15 is 0 Å². The molecule has 0 saturated carbocycles. The first-order valence-electron chi connectivity index (χ1n) is 17.6. The van der Waals surface area contributed by atoms with Crippen LogP contribution in [0.2, 0.25) is 0 Å². The molecule has 3 aliphatic rings. The molecule has 0 N–H and O–H groups in total. The van der Waals surface area contributed by atoms with Crippen molar-refractivity contribution in [2.75, 3.05) is 18.8 Å². The molecule has 7 rings (SSSR count). The number of unbranched alkanes of at least 4 members (excludes halogenated alkanes) is 1. The Balaban J connectivity index is 0.00000271. The molecule has 8 nitrogen and oxygen atoms in total. The molecule has 0 aromatic heterocycles. The maximum absolute atomic E-state index is 12.9. The fraction of sp³-hybridized carbons (Fsp3) is 0.357. The van der Waals surface area contributed by atoms with E-state index < -0.39 is 31.0 Å². The van der Waals surface area contributed by atoms with Crippen molar-refractivity contribution >= 4 is 58.9 Å². The molecule has 0 aliphatic carbocycles. The molecule has 3 aliphatic heterocycles. The molecule has 53 heavy (non-hydrogen) atoms. The summed E-state index contributed by atoms with van der Waals surface area (Å²) in [6, 6.07) is 24.7. The Labute approximate surface area is 337 Å². The number of hydrogen-bond acceptors (Lipinski definition) is 6. The van der Waals surface area contributed by atoms with Crippen molar-refractivity contribution in [2.45, 2.75) is 77.0 Å². The molecule has 0 bridgehead atoms. The number of fused-ring (bicyclic) bond motifs is 7. The Morgan fingerprint density at radius 1 is 0.792 bits per heavy atom. The van der Waals surface area contributed by atoms with Gasteiger partial charge in [0.2, 0.25) is 5.69 Å². The van der Waals surface area contributed by atoms with Crippen LogP contribution in [0.25, 0.3) is 21.5 Å². The topological polar surface area (TPSA) is 117 Å². The molecule has 2 atom stereocenters. The smallest absolute Gasteiger partial charge is 0.748 e. The van der Waals surface area contributed by atoms with Gasteiger partial charge in [0, 0.05) is 54.4 Å². The quantitative estimate of drug-likeness (QED) is 0.0571. The van der Waals surface area contributed by atoms with Gasteiger partial charge in [0.25, 0.3) is 0 Å². The van der Waals surface area contributed by atoms with E-state index in [1.807, 2.05) is 60.7 Å². The average Bonchev–Trinajstić information content (AvgIpc) is 3.67. The van der Waals surface area contributed by atoms with E-state index in [2.05, 4.69) is 74.7 Å². The van der Waals surface area contributed by atoms with Crippen molar-refractivity contribution < 1.29 is 60.1 Å². The Bertz CT molecular complexity index is 2430. The first-order chi connectivity index (χ1) is 24.1. The number of allylic oxidation sites excluding steroid dienone is 6. The standard InChI is InChI=1S/C41H44N2O6S2.CH4.Na/c1-40(2)35(42(26-12-13-28-50(44,45)46)33-24-22-29-15-8-10-17-31(29)38(33)40)19-6-5-7-20-36-41(3,4)39-32-18-11-9-16-30(32)23-25-34(39)43(36)27-14-21-37(43)51(47,48)49;;/h5-11,15-20,22-25,37H,12-14,21,26-28H2,1-4H3;1H4;/q;;+1/b7-5?,19-6?,36-20-;;. The normalized spacial score (nSPS) is 22.6. The van der Waals surface area contributed by atoms with Crippen molar-refractivity contribution in [2.24, 2.45) is 0 Å². The first-order valence-corrected chi connectivity index (χ1v) is 20.7. The maximum atomic E-state index is 12.9. The molecule has 11 heteroatoms. The average molecular weight is 764 g/mol. The Morgan fingerprint density at radius 3 is 2.06 bits per heavy atom. The Hall–Kier alpha value is -2.93. The van der Waals surface area contributed by atoms with Crippen molar-refractivity contribution in [3.63, 3.8) is 0 Å². The predicted molar refractivity (Wildman–Crippen MR) is 210 cm³/mol. The number of hydrogen-bond donors (Lipinski definition) is 0. The number of benzene rings is 4. The molecule has 0 amide bonds. The van der Waals surface area contributed by atoms with E-state index in [4.69, 9.17) is 0 Å². The minimum atomic E-state index is -4.62. The van der Waals surface area contributed by atoms with Crippen LogP contribution in [0.3, 0.4) is 0 Å². The van der Waals surface area contributed by atoms with Gasteiger partial charge in [0.1, 0.15) is 17.9 Å². The third-order valence-corrected chi connectivity index (χ3v) is 13.4. The SMILES string of the molecule is C.CC1(C)C(C=CC=C/C=C2/C(C)(C)c3c(ccc4ccccc34)[N+]23CCCC3S(=O)(=O)[O-])=[N+](CCCCS(=O)(=O)[O-])c2ccc3ccccc3c21.[Na+]. The van der Waals surface area contributed by atoms with Crippen LogP contribution in [-0.4, -0.2) is 60.4 Å². The summed E-state index contributed by atoms with van der Waals surface area (Å²) in [6.07, 6.45) is 11.7. The zero-order valence-electron chi connectivity index (χ0n) is 30.5. The number of nitrogens with zero attached hydrogens (tertiary/aromatic N) is 2. The summed E-state index contributed by atoms with van der Waals surface area (Å²) in [7, 11) is -8.90. The summed E-state index contributed by atoms with van der Waals surface area (Å²) in [4.78, 5) is 0. The molecule has 2 unspecified atom stereocenters. The second kappa shape index (κ2) is 15.0. The summed E-state index contributed by atoms with van der Waals surface area (Å²) >= 11 is 0. The second-order valence-electron chi connectivity index (χ2n) is 15.1. The molecule has 3 heterocycles. The van der Waals surface area contributed by atoms with E-state index in [0.717, 1.165) is 49.9 Å². The van der Waals surface area contributed by atoms with E-state index in [1.54, 1.807) is 0 Å². The summed E-state index contributed by atoms with van der Waals surface area (Å²) in [5.41, 5.74) is 5.25. The van der Waals surface area contributed by atoms with Crippen LogP contribution >= 0.6 is 0 Å². The van der Waals surface area contributed by atoms with Crippen LogP contribution in [0.4, 0.5) is 11.4 Å². The molecular weight excluding hydrogens is 716 g/mol. The minimum Gasteiger partial charge on any atom is -0.748 e. The van der Waals surface area contributed by atoms with Crippen molar-refractivity contribution in [3.05, 3.63) is 120 Å². The van der Waals surface area contributed by atoms with Gasteiger partial charge in [-0.1, -0.05) is 74.2 Å². The maximum Gasteiger partial charge on any atom is 1.00 e. The van der Waals surface area contributed by atoms with E-state index in [-0.39, 0.29) is 59.1 Å². The Morgan fingerprint density at radius 2 is 1.42 bits per heavy atom. The monoisotopic (exact) mass is 763 g/mol. The van der Waals surface area contributed by atoms with Gasteiger partial charge < -0.3 is 9.11 Å². The molecule has 1 saturated heterocycles. The number of quaternary nitrogens is 1. The molecule has 274 valence electrons. The molecule has 1 fully saturated rings. The van der Waals surface area contributed by atoms with Crippen LogP contribution in [0, 0.1) is 0 Å². The van der Waals surface area contributed by atoms with Crippen molar-refractivity contribution in [1.29, 1.82) is 0 Å². The molecule has 0 radical (unpaired) electrons. The fourth-order valence-electron chi connectivity index (χ4n) is 9.33. The van der Waals surface area contributed by atoms with Crippen LogP contribution in [0.15, 0.2) is 109 Å². The zero-order valence-corrected chi connectivity index (χ0v) is 34.1. The van der Waals surface area contributed by atoms with Crippen molar-refractivity contribution in [3.8, 4) is 0 Å². The van der Waals surface area contributed by atoms with Crippen LogP contribution in [0.5, 0.6) is 0 Å². The summed E-state index contributed by atoms with van der Waals surface area (Å²) in [6.45, 7) is 9.74. The van der Waals surface area contributed by atoms with Crippen LogP contribution in [-0.2, 0) is 31.1 Å². The van der Waals surface area contributed by atoms with Gasteiger partial charge in [-0.3, -0.25) is 0 Å². The largest absolute Gasteiger partial charge is 1.00 e. The third-order valence-electron chi connectivity index (χ3n) is 11.3. The third kappa shape index (κ3) is 7.06. The van der Waals surface area contributed by atoms with Gasteiger partial charge in [0.15, 0.2) is 21.2 Å². The molecule has 1 spiro atoms. The van der Waals surface area contributed by atoms with Gasteiger partial charge in [-0.25, -0.2) is 21.3 Å². The zero-order chi connectivity index (χ0) is 36.4. The van der Waals surface area contributed by atoms with Crippen LogP contribution in [0.1, 0.15) is 71.9 Å². The van der Waals surface area contributed by atoms with Gasteiger partial charge in [-0.2, -0.15) is 4.58 Å². The first kappa shape index (κ1) is 41.2. The fourth-order valence-corrected chi connectivity index (χ4v) is 11.1. The van der Waals surface area contributed by atoms with Gasteiger partial charge in [-0.15, -0.1) is 0 Å². The van der Waals surface area contributed by atoms with Crippen LogP contribution < -0.4 is 34.0 Å². The van der Waals surface area contributed by atoms with Gasteiger partial charge in [0.05, 0.1) is 27.5 Å². The van der Waals surface area contributed by atoms with E-state index in [0.29, 0.717) is 32.4 Å². The van der Waals surface area contributed by atoms with Gasteiger partial charge in [-0.05, 0) is 73.9 Å². The van der Waals surface area contributed by atoms with Gasteiger partial charge >= 0.3 is 29.6 Å². The summed E-state index contributed by atoms with van der Waals surface area (Å²) in [5.74, 6) is -0.387. The molecular formula is C42H48N2NaO6S2+. The predicted octanol–water partition coefficient (Wildman–Crippen LogP) is 5.29. The van der Waals surface area contributed by atoms with E-state index in [1.165, 1.54) is 5.56 Å². The van der Waals surface area contributed by atoms with E-state index in [9.17, 15) is 25.9 Å². The summed E-state index contributed by atoms with van der Waals surface area (Å²) < 4.78 is 74.8. The number of rotatable bonds is 9. The summed E-state index contributed by atoms with van der Waals surface area (Å²) in [5, 5.41) is 3.35. The molecule has 4 aromatic carbocycles.